The molecule has 88 valence electrons. The van der Waals surface area contributed by atoms with Crippen molar-refractivity contribution in [2.75, 3.05) is 7.11 Å². The molecule has 1 atom stereocenters. The topological polar surface area (TPSA) is 35.5 Å². The zero-order valence-electron chi connectivity index (χ0n) is 10.2. The second-order valence-corrected chi connectivity index (χ2v) is 3.98. The minimum absolute atomic E-state index is 0.156. The van der Waals surface area contributed by atoms with Gasteiger partial charge in [0.2, 0.25) is 0 Å². The summed E-state index contributed by atoms with van der Waals surface area (Å²) in [7, 11) is 1.40. The van der Waals surface area contributed by atoms with Gasteiger partial charge in [0.15, 0.2) is 0 Å². The predicted octanol–water partition coefficient (Wildman–Crippen LogP) is 2.75. The molecule has 0 aliphatic carbocycles. The number of rotatable bonds is 4. The minimum atomic E-state index is -0.238. The zero-order valence-corrected chi connectivity index (χ0v) is 10.2. The molecule has 1 unspecified atom stereocenters. The first-order valence-electron chi connectivity index (χ1n) is 5.39. The first-order valence-corrected chi connectivity index (χ1v) is 5.39. The van der Waals surface area contributed by atoms with Crippen LogP contribution in [0.1, 0.15) is 32.3 Å². The maximum absolute atomic E-state index is 11.3. The van der Waals surface area contributed by atoms with Gasteiger partial charge in [-0.15, -0.1) is 0 Å². The first-order chi connectivity index (χ1) is 7.54. The van der Waals surface area contributed by atoms with E-state index in [4.69, 9.17) is 9.47 Å². The molecule has 0 saturated carbocycles. The van der Waals surface area contributed by atoms with Gasteiger partial charge in [0, 0.05) is 0 Å². The van der Waals surface area contributed by atoms with Gasteiger partial charge in [-0.05, 0) is 38.5 Å². The summed E-state index contributed by atoms with van der Waals surface area (Å²) >= 11 is 0. The Morgan fingerprint density at radius 1 is 1.12 bits per heavy atom. The van der Waals surface area contributed by atoms with Crippen LogP contribution >= 0.6 is 0 Å². The van der Waals surface area contributed by atoms with Crippen LogP contribution in [0, 0.1) is 0 Å². The van der Waals surface area contributed by atoms with E-state index in [-0.39, 0.29) is 18.0 Å². The van der Waals surface area contributed by atoms with Crippen molar-refractivity contribution in [3.05, 3.63) is 29.8 Å². The van der Waals surface area contributed by atoms with Crippen molar-refractivity contribution in [2.45, 2.75) is 32.8 Å². The molecule has 0 N–H and O–H groups in total. The summed E-state index contributed by atoms with van der Waals surface area (Å²) in [5.41, 5.74) is 0.933. The van der Waals surface area contributed by atoms with E-state index < -0.39 is 0 Å². The van der Waals surface area contributed by atoms with E-state index in [0.717, 1.165) is 11.3 Å². The highest BCUT2D eigenvalue weighted by Gasteiger charge is 2.15. The summed E-state index contributed by atoms with van der Waals surface area (Å²) in [5.74, 6) is 0.353. The lowest BCUT2D eigenvalue weighted by Gasteiger charge is -2.12. The Balaban J connectivity index is 2.74. The molecule has 0 bridgehead atoms. The van der Waals surface area contributed by atoms with Gasteiger partial charge >= 0.3 is 5.97 Å². The van der Waals surface area contributed by atoms with Crippen molar-refractivity contribution in [3.63, 3.8) is 0 Å². The summed E-state index contributed by atoms with van der Waals surface area (Å²) in [5, 5.41) is 0. The van der Waals surface area contributed by atoms with Gasteiger partial charge in [-0.1, -0.05) is 12.1 Å². The fraction of sp³-hybridized carbons (Fsp3) is 0.462. The number of ether oxygens (including phenoxy) is 2. The molecule has 0 saturated heterocycles. The highest BCUT2D eigenvalue weighted by molar-refractivity contribution is 5.77. The molecule has 0 heterocycles. The molecule has 1 rings (SSSR count). The molecule has 1 aromatic carbocycles. The maximum Gasteiger partial charge on any atom is 0.312 e. The van der Waals surface area contributed by atoms with Gasteiger partial charge in [0.1, 0.15) is 5.75 Å². The van der Waals surface area contributed by atoms with Crippen LogP contribution in [-0.4, -0.2) is 19.2 Å². The van der Waals surface area contributed by atoms with Crippen LogP contribution in [0.3, 0.4) is 0 Å². The van der Waals surface area contributed by atoms with E-state index in [0.29, 0.717) is 0 Å². The van der Waals surface area contributed by atoms with Crippen LogP contribution in [0.2, 0.25) is 0 Å². The Morgan fingerprint density at radius 3 is 2.12 bits per heavy atom. The molecule has 0 radical (unpaired) electrons. The van der Waals surface area contributed by atoms with Crippen LogP contribution in [-0.2, 0) is 9.53 Å². The normalized spacial score (nSPS) is 12.3. The number of benzene rings is 1. The number of hydrogen-bond donors (Lipinski definition) is 0. The third-order valence-corrected chi connectivity index (χ3v) is 2.31. The maximum atomic E-state index is 11.3. The first kappa shape index (κ1) is 12.6. The van der Waals surface area contributed by atoms with Crippen molar-refractivity contribution in [1.29, 1.82) is 0 Å². The molecule has 0 aliphatic heterocycles. The number of carbonyl (C=O) groups is 1. The van der Waals surface area contributed by atoms with E-state index in [1.807, 2.05) is 45.0 Å². The van der Waals surface area contributed by atoms with Crippen LogP contribution in [0.15, 0.2) is 24.3 Å². The standard InChI is InChI=1S/C13H18O3/c1-9(2)16-12-7-5-11(6-8-12)10(3)13(14)15-4/h5-10H,1-4H3. The van der Waals surface area contributed by atoms with Gasteiger partial charge in [-0.3, -0.25) is 4.79 Å². The van der Waals surface area contributed by atoms with Gasteiger partial charge in [-0.25, -0.2) is 0 Å². The molecule has 0 spiro atoms. The number of methoxy groups -OCH3 is 1. The molecule has 3 nitrogen and oxygen atoms in total. The fourth-order valence-electron chi connectivity index (χ4n) is 1.42. The number of carbonyl (C=O) groups excluding carboxylic acids is 1. The third kappa shape index (κ3) is 3.26. The summed E-state index contributed by atoms with van der Waals surface area (Å²) in [6.45, 7) is 5.78. The minimum Gasteiger partial charge on any atom is -0.491 e. The van der Waals surface area contributed by atoms with Crippen molar-refractivity contribution in [2.24, 2.45) is 0 Å². The molecule has 16 heavy (non-hydrogen) atoms. The van der Waals surface area contributed by atoms with Gasteiger partial charge < -0.3 is 9.47 Å². The molecule has 3 heteroatoms. The van der Waals surface area contributed by atoms with E-state index in [1.165, 1.54) is 7.11 Å². The lowest BCUT2D eigenvalue weighted by atomic mass is 10.0. The number of hydrogen-bond acceptors (Lipinski definition) is 3. The van der Waals surface area contributed by atoms with Crippen molar-refractivity contribution >= 4 is 5.97 Å². The van der Waals surface area contributed by atoms with Crippen LogP contribution in [0.25, 0.3) is 0 Å². The molecular weight excluding hydrogens is 204 g/mol. The lowest BCUT2D eigenvalue weighted by molar-refractivity contribution is -0.141. The van der Waals surface area contributed by atoms with Crippen LogP contribution in [0.4, 0.5) is 0 Å². The lowest BCUT2D eigenvalue weighted by Crippen LogP contribution is -2.11. The van der Waals surface area contributed by atoms with Gasteiger partial charge in [-0.2, -0.15) is 0 Å². The SMILES string of the molecule is COC(=O)C(C)c1ccc(OC(C)C)cc1. The van der Waals surface area contributed by atoms with E-state index in [1.54, 1.807) is 0 Å². The van der Waals surface area contributed by atoms with Gasteiger partial charge in [0.05, 0.1) is 19.1 Å². The second kappa shape index (κ2) is 5.54. The molecule has 0 aliphatic rings. The Labute approximate surface area is 96.4 Å². The summed E-state index contributed by atoms with van der Waals surface area (Å²) in [4.78, 5) is 11.3. The second-order valence-electron chi connectivity index (χ2n) is 3.98. The predicted molar refractivity (Wildman–Crippen MR) is 62.6 cm³/mol. The highest BCUT2D eigenvalue weighted by Crippen LogP contribution is 2.20. The average Bonchev–Trinajstić information content (AvgIpc) is 2.27. The summed E-state index contributed by atoms with van der Waals surface area (Å²) < 4.78 is 10.2. The summed E-state index contributed by atoms with van der Waals surface area (Å²) in [6.07, 6.45) is 0.156. The molecule has 0 fully saturated rings. The largest absolute Gasteiger partial charge is 0.491 e. The Kier molecular flexibility index (Phi) is 4.35. The van der Waals surface area contributed by atoms with E-state index >= 15 is 0 Å². The fourth-order valence-corrected chi connectivity index (χ4v) is 1.42. The Hall–Kier alpha value is -1.51. The van der Waals surface area contributed by atoms with Crippen LogP contribution < -0.4 is 4.74 Å². The molecule has 1 aromatic rings. The Morgan fingerprint density at radius 2 is 1.69 bits per heavy atom. The quantitative estimate of drug-likeness (QED) is 0.735. The molecule has 0 aromatic heterocycles. The van der Waals surface area contributed by atoms with Crippen molar-refractivity contribution in [3.8, 4) is 5.75 Å². The third-order valence-electron chi connectivity index (χ3n) is 2.31. The van der Waals surface area contributed by atoms with Crippen LogP contribution in [0.5, 0.6) is 5.75 Å². The van der Waals surface area contributed by atoms with E-state index in [9.17, 15) is 4.79 Å². The average molecular weight is 222 g/mol. The van der Waals surface area contributed by atoms with Crippen molar-refractivity contribution < 1.29 is 14.3 Å². The Bertz CT molecular complexity index is 341. The molecular formula is C13H18O3. The smallest absolute Gasteiger partial charge is 0.312 e. The zero-order chi connectivity index (χ0) is 12.1. The van der Waals surface area contributed by atoms with E-state index in [2.05, 4.69) is 0 Å². The number of esters is 1. The monoisotopic (exact) mass is 222 g/mol. The molecule has 0 amide bonds. The van der Waals surface area contributed by atoms with Crippen molar-refractivity contribution in [1.82, 2.24) is 0 Å². The highest BCUT2D eigenvalue weighted by atomic mass is 16.5. The summed E-state index contributed by atoms with van der Waals surface area (Å²) in [6, 6.07) is 7.52. The van der Waals surface area contributed by atoms with Gasteiger partial charge in [0.25, 0.3) is 0 Å².